The van der Waals surface area contributed by atoms with Crippen LogP contribution in [0.3, 0.4) is 0 Å². The monoisotopic (exact) mass is 451 g/mol. The van der Waals surface area contributed by atoms with E-state index in [4.69, 9.17) is 27.7 Å². The van der Waals surface area contributed by atoms with E-state index in [1.54, 1.807) is 30.3 Å². The van der Waals surface area contributed by atoms with E-state index in [0.717, 1.165) is 11.3 Å². The zero-order chi connectivity index (χ0) is 18.9. The molecule has 1 heterocycles. The Bertz CT molecular complexity index is 1060. The van der Waals surface area contributed by atoms with Crippen molar-refractivity contribution in [2.75, 3.05) is 6.29 Å². The summed E-state index contributed by atoms with van der Waals surface area (Å²) in [6.07, 6.45) is -0.778. The van der Waals surface area contributed by atoms with E-state index in [9.17, 15) is 17.9 Å². The Labute approximate surface area is 163 Å². The summed E-state index contributed by atoms with van der Waals surface area (Å²) in [5, 5.41) is 1.23. The van der Waals surface area contributed by atoms with Gasteiger partial charge in [0.2, 0.25) is 0 Å². The van der Waals surface area contributed by atoms with Gasteiger partial charge >= 0.3 is 7.60 Å². The molecule has 3 aromatic rings. The fourth-order valence-corrected chi connectivity index (χ4v) is 6.58. The zero-order valence-corrected chi connectivity index (χ0v) is 17.0. The van der Waals surface area contributed by atoms with Crippen molar-refractivity contribution in [1.29, 1.82) is 0 Å². The lowest BCUT2D eigenvalue weighted by atomic mass is 10.3. The van der Waals surface area contributed by atoms with Gasteiger partial charge in [-0.15, -0.1) is 11.3 Å². The zero-order valence-electron chi connectivity index (χ0n) is 12.9. The quantitative estimate of drug-likeness (QED) is 0.529. The number of thiophene rings is 1. The van der Waals surface area contributed by atoms with Crippen molar-refractivity contribution in [3.8, 4) is 5.75 Å². The third kappa shape index (κ3) is 4.40. The maximum Gasteiger partial charge on any atom is 0.391 e. The summed E-state index contributed by atoms with van der Waals surface area (Å²) in [5.41, 5.74) is 0. The van der Waals surface area contributed by atoms with Crippen LogP contribution in [0.1, 0.15) is 0 Å². The first-order chi connectivity index (χ1) is 12.2. The van der Waals surface area contributed by atoms with E-state index in [-0.39, 0.29) is 9.96 Å². The fourth-order valence-electron chi connectivity index (χ4n) is 2.08. The SMILES string of the molecule is O=P(O)(CNS(=O)(=O)c1cc2c(Cl)ccc(Cl)c2s1)Oc1ccccc1. The molecular weight excluding hydrogens is 440 g/mol. The normalized spacial score (nSPS) is 14.3. The number of benzene rings is 2. The number of sulfonamides is 1. The third-order valence-corrected chi connectivity index (χ3v) is 8.34. The molecule has 2 N–H and O–H groups in total. The number of nitrogens with one attached hydrogen (secondary N) is 1. The molecule has 1 atom stereocenters. The number of rotatable bonds is 6. The van der Waals surface area contributed by atoms with Crippen LogP contribution >= 0.6 is 42.1 Å². The lowest BCUT2D eigenvalue weighted by Crippen LogP contribution is -2.25. The summed E-state index contributed by atoms with van der Waals surface area (Å²) in [4.78, 5) is 9.87. The van der Waals surface area contributed by atoms with Gasteiger partial charge in [0.05, 0.1) is 9.72 Å². The second-order valence-corrected chi connectivity index (χ2v) is 10.8. The molecule has 0 aliphatic rings. The Hall–Kier alpha value is -1.12. The fraction of sp³-hybridized carbons (Fsp3) is 0.0667. The maximum atomic E-state index is 12.4. The van der Waals surface area contributed by atoms with Crippen molar-refractivity contribution in [1.82, 2.24) is 4.72 Å². The number of fused-ring (bicyclic) bond motifs is 1. The van der Waals surface area contributed by atoms with E-state index >= 15 is 0 Å². The molecule has 11 heteroatoms. The highest BCUT2D eigenvalue weighted by Gasteiger charge is 2.27. The molecule has 1 unspecified atom stereocenters. The molecule has 0 fully saturated rings. The predicted octanol–water partition coefficient (Wildman–Crippen LogP) is 4.71. The number of hydrogen-bond donors (Lipinski definition) is 2. The number of hydrogen-bond acceptors (Lipinski definition) is 5. The van der Waals surface area contributed by atoms with Crippen LogP contribution in [0, 0.1) is 0 Å². The van der Waals surface area contributed by atoms with Crippen LogP contribution in [0.5, 0.6) is 5.75 Å². The van der Waals surface area contributed by atoms with Crippen LogP contribution in [0.4, 0.5) is 0 Å². The van der Waals surface area contributed by atoms with Gasteiger partial charge in [0.25, 0.3) is 10.0 Å². The number of halogens is 2. The van der Waals surface area contributed by atoms with Crippen LogP contribution in [-0.4, -0.2) is 19.6 Å². The van der Waals surface area contributed by atoms with Crippen LogP contribution in [0.15, 0.2) is 52.7 Å². The summed E-state index contributed by atoms with van der Waals surface area (Å²) in [6.45, 7) is 0. The molecule has 0 bridgehead atoms. The summed E-state index contributed by atoms with van der Waals surface area (Å²) < 4.78 is 44.5. The van der Waals surface area contributed by atoms with Gasteiger partial charge in [0, 0.05) is 10.4 Å². The van der Waals surface area contributed by atoms with Gasteiger partial charge in [-0.2, -0.15) is 4.72 Å². The molecule has 1 aromatic heterocycles. The average Bonchev–Trinajstić information content (AvgIpc) is 3.05. The highest BCUT2D eigenvalue weighted by Crippen LogP contribution is 2.42. The molecule has 0 aliphatic heterocycles. The van der Waals surface area contributed by atoms with Gasteiger partial charge in [-0.25, -0.2) is 13.0 Å². The van der Waals surface area contributed by atoms with Crippen molar-refractivity contribution >= 4 is 62.2 Å². The minimum atomic E-state index is -4.22. The largest absolute Gasteiger partial charge is 0.424 e. The Morgan fingerprint density at radius 1 is 1.12 bits per heavy atom. The van der Waals surface area contributed by atoms with Gasteiger partial charge < -0.3 is 9.42 Å². The van der Waals surface area contributed by atoms with E-state index in [2.05, 4.69) is 4.72 Å². The van der Waals surface area contributed by atoms with Crippen LogP contribution in [0.2, 0.25) is 10.0 Å². The molecule has 0 radical (unpaired) electrons. The molecule has 0 amide bonds. The van der Waals surface area contributed by atoms with Gasteiger partial charge in [0.1, 0.15) is 16.2 Å². The van der Waals surface area contributed by atoms with Crippen LogP contribution in [0.25, 0.3) is 10.1 Å². The average molecular weight is 452 g/mol. The van der Waals surface area contributed by atoms with Gasteiger partial charge in [0.15, 0.2) is 0 Å². The highest BCUT2D eigenvalue weighted by atomic mass is 35.5. The standard InChI is InChI=1S/C15H12Cl2NO5PS2/c16-12-6-7-13(17)15-11(12)8-14(25-15)26(21,22)18-9-24(19,20)23-10-4-2-1-3-5-10/h1-8,18H,9H2,(H,19,20). The van der Waals surface area contributed by atoms with Crippen LogP contribution in [-0.2, 0) is 14.6 Å². The molecule has 0 saturated heterocycles. The Kier molecular flexibility index (Phi) is 5.65. The molecule has 0 spiro atoms. The van der Waals surface area contributed by atoms with Crippen LogP contribution < -0.4 is 9.25 Å². The highest BCUT2D eigenvalue weighted by molar-refractivity contribution is 7.92. The molecule has 138 valence electrons. The van der Waals surface area contributed by atoms with Gasteiger partial charge in [-0.3, -0.25) is 0 Å². The molecule has 0 saturated carbocycles. The second-order valence-electron chi connectivity index (χ2n) is 5.19. The predicted molar refractivity (Wildman–Crippen MR) is 104 cm³/mol. The van der Waals surface area contributed by atoms with Crippen molar-refractivity contribution in [2.45, 2.75) is 4.21 Å². The van der Waals surface area contributed by atoms with Crippen molar-refractivity contribution in [2.24, 2.45) is 0 Å². The van der Waals surface area contributed by atoms with Crippen molar-refractivity contribution in [3.05, 3.63) is 58.6 Å². The van der Waals surface area contributed by atoms with Gasteiger partial charge in [-0.1, -0.05) is 41.4 Å². The number of para-hydroxylation sites is 1. The third-order valence-electron chi connectivity index (χ3n) is 3.27. The first-order valence-electron chi connectivity index (χ1n) is 7.12. The lowest BCUT2D eigenvalue weighted by Gasteiger charge is -2.13. The first kappa shape index (κ1) is 19.6. The maximum absolute atomic E-state index is 12.4. The van der Waals surface area contributed by atoms with Crippen molar-refractivity contribution in [3.63, 3.8) is 0 Å². The van der Waals surface area contributed by atoms with E-state index < -0.39 is 23.9 Å². The molecule has 26 heavy (non-hydrogen) atoms. The summed E-state index contributed by atoms with van der Waals surface area (Å²) in [6, 6.07) is 12.5. The smallest absolute Gasteiger partial charge is 0.391 e. The van der Waals surface area contributed by atoms with E-state index in [1.165, 1.54) is 18.2 Å². The topological polar surface area (TPSA) is 92.7 Å². The Morgan fingerprint density at radius 2 is 1.77 bits per heavy atom. The molecule has 3 rings (SSSR count). The molecule has 0 aliphatic carbocycles. The Morgan fingerprint density at radius 3 is 2.42 bits per heavy atom. The summed E-state index contributed by atoms with van der Waals surface area (Å²) >= 11 is 13.0. The molecule has 6 nitrogen and oxygen atoms in total. The summed E-state index contributed by atoms with van der Waals surface area (Å²) in [7, 11) is -8.26. The Balaban J connectivity index is 1.80. The van der Waals surface area contributed by atoms with Crippen molar-refractivity contribution < 1.29 is 22.4 Å². The van der Waals surface area contributed by atoms with E-state index in [1.807, 2.05) is 0 Å². The lowest BCUT2D eigenvalue weighted by molar-refractivity contribution is 0.378. The second kappa shape index (κ2) is 7.48. The first-order valence-corrected chi connectivity index (χ1v) is 11.9. The van der Waals surface area contributed by atoms with Gasteiger partial charge in [-0.05, 0) is 30.3 Å². The minimum absolute atomic E-state index is 0.0674. The van der Waals surface area contributed by atoms with E-state index in [0.29, 0.717) is 20.1 Å². The molecular formula is C15H12Cl2NO5PS2. The summed E-state index contributed by atoms with van der Waals surface area (Å²) in [5.74, 6) is 0.165. The minimum Gasteiger partial charge on any atom is -0.424 e. The molecule has 2 aromatic carbocycles.